The van der Waals surface area contributed by atoms with E-state index in [1.54, 1.807) is 0 Å². The maximum Gasteiger partial charge on any atom is 0.220 e. The van der Waals surface area contributed by atoms with Gasteiger partial charge in [0.2, 0.25) is 5.91 Å². The number of hydrogen-bond donors (Lipinski definition) is 3. The van der Waals surface area contributed by atoms with Gasteiger partial charge in [-0.25, -0.2) is 0 Å². The molecule has 0 unspecified atom stereocenters. The van der Waals surface area contributed by atoms with Crippen LogP contribution in [0, 0.1) is 5.41 Å². The van der Waals surface area contributed by atoms with Crippen molar-refractivity contribution in [3.05, 3.63) is 0 Å². The summed E-state index contributed by atoms with van der Waals surface area (Å²) in [6.45, 7) is 5.82. The average Bonchev–Trinajstić information content (AvgIpc) is 1.81. The molecule has 0 aliphatic carbocycles. The van der Waals surface area contributed by atoms with E-state index < -0.39 is 0 Å². The summed E-state index contributed by atoms with van der Waals surface area (Å²) in [7, 11) is 0. The average molecular weight is 185 g/mol. The second-order valence-electron chi connectivity index (χ2n) is 4.18. The van der Waals surface area contributed by atoms with Gasteiger partial charge in [-0.3, -0.25) is 10.2 Å². The fraction of sp³-hybridized carbons (Fsp3) is 0.778. The van der Waals surface area contributed by atoms with E-state index in [0.717, 1.165) is 0 Å². The van der Waals surface area contributed by atoms with Crippen LogP contribution in [0.4, 0.5) is 0 Å². The zero-order chi connectivity index (χ0) is 10.5. The van der Waals surface area contributed by atoms with Crippen molar-refractivity contribution in [1.29, 1.82) is 5.41 Å². The first-order chi connectivity index (χ1) is 5.81. The fourth-order valence-corrected chi connectivity index (χ4v) is 0.920. The molecule has 0 aromatic rings. The molecular weight excluding hydrogens is 166 g/mol. The second-order valence-corrected chi connectivity index (χ2v) is 4.18. The molecule has 0 spiro atoms. The predicted octanol–water partition coefficient (Wildman–Crippen LogP) is 1.01. The van der Waals surface area contributed by atoms with Gasteiger partial charge >= 0.3 is 0 Å². The molecule has 76 valence electrons. The third kappa shape index (κ3) is 8.85. The zero-order valence-electron chi connectivity index (χ0n) is 8.61. The van der Waals surface area contributed by atoms with E-state index in [-0.39, 0.29) is 17.3 Å². The van der Waals surface area contributed by atoms with Crippen LogP contribution in [0.5, 0.6) is 0 Å². The molecule has 0 aliphatic heterocycles. The lowest BCUT2D eigenvalue weighted by atomic mass is 10.1. The SMILES string of the molecule is CC(C)(C)NC(=O)CCCC(=N)N. The van der Waals surface area contributed by atoms with Crippen LogP contribution in [0.2, 0.25) is 0 Å². The molecule has 4 nitrogen and oxygen atoms in total. The molecule has 4 N–H and O–H groups in total. The molecule has 13 heavy (non-hydrogen) atoms. The number of carbonyl (C=O) groups is 1. The molecular formula is C9H19N3O. The van der Waals surface area contributed by atoms with Crippen LogP contribution in [-0.4, -0.2) is 17.3 Å². The minimum absolute atomic E-state index is 0.0220. The molecule has 0 saturated heterocycles. The largest absolute Gasteiger partial charge is 0.388 e. The molecule has 0 heterocycles. The Balaban J connectivity index is 3.59. The van der Waals surface area contributed by atoms with E-state index in [4.69, 9.17) is 11.1 Å². The minimum Gasteiger partial charge on any atom is -0.388 e. The summed E-state index contributed by atoms with van der Waals surface area (Å²) in [5.74, 6) is 0.164. The number of rotatable bonds is 4. The lowest BCUT2D eigenvalue weighted by Crippen LogP contribution is -2.40. The normalized spacial score (nSPS) is 11.0. The number of nitrogens with two attached hydrogens (primary N) is 1. The Morgan fingerprint density at radius 3 is 2.31 bits per heavy atom. The van der Waals surface area contributed by atoms with Crippen LogP contribution >= 0.6 is 0 Å². The van der Waals surface area contributed by atoms with Crippen molar-refractivity contribution in [2.45, 2.75) is 45.6 Å². The summed E-state index contributed by atoms with van der Waals surface area (Å²) in [5, 5.41) is 9.81. The maximum atomic E-state index is 11.2. The van der Waals surface area contributed by atoms with Gasteiger partial charge in [0.1, 0.15) is 0 Å². The Kier molecular flexibility index (Phi) is 4.45. The van der Waals surface area contributed by atoms with E-state index in [0.29, 0.717) is 19.3 Å². The van der Waals surface area contributed by atoms with Gasteiger partial charge in [0, 0.05) is 18.4 Å². The summed E-state index contributed by atoms with van der Waals surface area (Å²) < 4.78 is 0. The smallest absolute Gasteiger partial charge is 0.220 e. The van der Waals surface area contributed by atoms with Crippen molar-refractivity contribution < 1.29 is 4.79 Å². The van der Waals surface area contributed by atoms with Gasteiger partial charge in [0.15, 0.2) is 0 Å². The van der Waals surface area contributed by atoms with E-state index in [9.17, 15) is 4.79 Å². The van der Waals surface area contributed by atoms with Crippen molar-refractivity contribution in [2.75, 3.05) is 0 Å². The van der Waals surface area contributed by atoms with Crippen molar-refractivity contribution >= 4 is 11.7 Å². The van der Waals surface area contributed by atoms with Gasteiger partial charge < -0.3 is 11.1 Å². The van der Waals surface area contributed by atoms with Crippen LogP contribution in [0.25, 0.3) is 0 Å². The fourth-order valence-electron chi connectivity index (χ4n) is 0.920. The Bertz CT molecular complexity index is 194. The standard InChI is InChI=1S/C9H19N3O/c1-9(2,3)12-8(13)6-4-5-7(10)11/h4-6H2,1-3H3,(H3,10,11)(H,12,13). The summed E-state index contributed by atoms with van der Waals surface area (Å²) in [4.78, 5) is 11.2. The molecule has 0 radical (unpaired) electrons. The lowest BCUT2D eigenvalue weighted by Gasteiger charge is -2.20. The highest BCUT2D eigenvalue weighted by molar-refractivity contribution is 5.79. The molecule has 0 bridgehead atoms. The first-order valence-electron chi connectivity index (χ1n) is 4.45. The summed E-state index contributed by atoms with van der Waals surface area (Å²) >= 11 is 0. The summed E-state index contributed by atoms with van der Waals surface area (Å²) in [6, 6.07) is 0. The molecule has 0 aromatic heterocycles. The van der Waals surface area contributed by atoms with Gasteiger partial charge in [-0.1, -0.05) is 0 Å². The molecule has 1 amide bonds. The lowest BCUT2D eigenvalue weighted by molar-refractivity contribution is -0.122. The van der Waals surface area contributed by atoms with Crippen molar-refractivity contribution in [2.24, 2.45) is 5.73 Å². The number of amides is 1. The topological polar surface area (TPSA) is 79.0 Å². The van der Waals surface area contributed by atoms with Crippen molar-refractivity contribution in [3.63, 3.8) is 0 Å². The van der Waals surface area contributed by atoms with Gasteiger partial charge in [-0.05, 0) is 27.2 Å². The monoisotopic (exact) mass is 185 g/mol. The summed E-state index contributed by atoms with van der Waals surface area (Å²) in [6.07, 6.45) is 1.59. The third-order valence-corrected chi connectivity index (χ3v) is 1.36. The number of nitrogens with one attached hydrogen (secondary N) is 2. The van der Waals surface area contributed by atoms with Gasteiger partial charge in [0.05, 0.1) is 5.84 Å². The zero-order valence-corrected chi connectivity index (χ0v) is 8.61. The van der Waals surface area contributed by atoms with Crippen LogP contribution in [0.15, 0.2) is 0 Å². The van der Waals surface area contributed by atoms with E-state index in [1.165, 1.54) is 0 Å². The van der Waals surface area contributed by atoms with E-state index in [1.807, 2.05) is 20.8 Å². The Morgan fingerprint density at radius 1 is 1.38 bits per heavy atom. The molecule has 0 aliphatic rings. The molecule has 0 rings (SSSR count). The predicted molar refractivity (Wildman–Crippen MR) is 53.7 cm³/mol. The van der Waals surface area contributed by atoms with Crippen LogP contribution in [-0.2, 0) is 4.79 Å². The summed E-state index contributed by atoms with van der Waals surface area (Å²) in [5.41, 5.74) is 4.98. The van der Waals surface area contributed by atoms with E-state index in [2.05, 4.69) is 5.32 Å². The molecule has 0 fully saturated rings. The number of amidine groups is 1. The van der Waals surface area contributed by atoms with E-state index >= 15 is 0 Å². The maximum absolute atomic E-state index is 11.2. The molecule has 0 atom stereocenters. The highest BCUT2D eigenvalue weighted by atomic mass is 16.1. The first kappa shape index (κ1) is 11.9. The third-order valence-electron chi connectivity index (χ3n) is 1.36. The highest BCUT2D eigenvalue weighted by Gasteiger charge is 2.12. The van der Waals surface area contributed by atoms with Crippen LogP contribution in [0.3, 0.4) is 0 Å². The number of carbonyl (C=O) groups excluding carboxylic acids is 1. The highest BCUT2D eigenvalue weighted by Crippen LogP contribution is 2.01. The molecule has 4 heteroatoms. The van der Waals surface area contributed by atoms with Gasteiger partial charge in [0.25, 0.3) is 0 Å². The van der Waals surface area contributed by atoms with Crippen LogP contribution in [0.1, 0.15) is 40.0 Å². The second kappa shape index (κ2) is 4.84. The Morgan fingerprint density at radius 2 is 1.92 bits per heavy atom. The molecule has 0 aromatic carbocycles. The molecule has 0 saturated carbocycles. The van der Waals surface area contributed by atoms with Crippen molar-refractivity contribution in [1.82, 2.24) is 5.32 Å². The minimum atomic E-state index is -0.173. The van der Waals surface area contributed by atoms with Gasteiger partial charge in [-0.2, -0.15) is 0 Å². The Labute approximate surface area is 79.4 Å². The Hall–Kier alpha value is -1.06. The quantitative estimate of drug-likeness (QED) is 0.451. The van der Waals surface area contributed by atoms with Gasteiger partial charge in [-0.15, -0.1) is 0 Å². The first-order valence-corrected chi connectivity index (χ1v) is 4.45. The number of hydrogen-bond acceptors (Lipinski definition) is 2. The van der Waals surface area contributed by atoms with Crippen LogP contribution < -0.4 is 11.1 Å². The van der Waals surface area contributed by atoms with Crippen molar-refractivity contribution in [3.8, 4) is 0 Å².